The Bertz CT molecular complexity index is 468. The molecule has 0 unspecified atom stereocenters. The third-order valence-corrected chi connectivity index (χ3v) is 1.93. The molecular formula is C11H15N4O9Y-2. The number of carbonyl (C=O) groups is 6. The third-order valence-electron chi connectivity index (χ3n) is 1.93. The number of esters is 2. The van der Waals surface area contributed by atoms with Crippen LogP contribution in [0.3, 0.4) is 0 Å². The van der Waals surface area contributed by atoms with Gasteiger partial charge in [0.1, 0.15) is 19.5 Å². The zero-order valence-electron chi connectivity index (χ0n) is 12.8. The summed E-state index contributed by atoms with van der Waals surface area (Å²) in [6.07, 6.45) is -1.50. The average Bonchev–Trinajstić information content (AvgIpc) is 2.41. The standard InChI is InChI=1S/C11H15N3O9.HN.Y/c12-6(15)1-7(16)13-3-10(20)22-5-23-11(21)4-14-8(17)2-9(18)19;;/h1-5H2,(H5,12,13,14,15,16,17,18,19);1H;/q;-1;/p-1. The topological polar surface area (TPSA) is 221 Å². The minimum absolute atomic E-state index is 0. The average molecular weight is 436 g/mol. The molecule has 5 N–H and O–H groups in total. The number of ether oxygens (including phenoxy) is 2. The van der Waals surface area contributed by atoms with Crippen LogP contribution < -0.4 is 10.6 Å². The predicted octanol–water partition coefficient (Wildman–Crippen LogP) is -1.79. The Kier molecular flexibility index (Phi) is 17.1. The molecule has 0 aromatic carbocycles. The first kappa shape index (κ1) is 27.7. The van der Waals surface area contributed by atoms with Crippen molar-refractivity contribution in [2.45, 2.75) is 12.8 Å². The van der Waals surface area contributed by atoms with E-state index >= 15 is 0 Å². The summed E-state index contributed by atoms with van der Waals surface area (Å²) in [6.45, 7) is -1.97. The normalized spacial score (nSPS) is 8.64. The molecule has 2 radical (unpaired) electrons. The number of carboxylic acids is 1. The summed E-state index contributed by atoms with van der Waals surface area (Å²) < 4.78 is 8.80. The summed E-state index contributed by atoms with van der Waals surface area (Å²) in [5, 5.41) is 12.3. The number of hydrogen-bond acceptors (Lipinski definition) is 8. The van der Waals surface area contributed by atoms with Crippen LogP contribution in [0.1, 0.15) is 12.8 Å². The maximum Gasteiger partial charge on any atom is 0.328 e. The van der Waals surface area contributed by atoms with E-state index in [4.69, 9.17) is 10.8 Å². The van der Waals surface area contributed by atoms with Gasteiger partial charge in [0.2, 0.25) is 18.6 Å². The summed E-state index contributed by atoms with van der Waals surface area (Å²) >= 11 is 0. The van der Waals surface area contributed by atoms with E-state index in [9.17, 15) is 28.8 Å². The fourth-order valence-corrected chi connectivity index (χ4v) is 1.01. The van der Waals surface area contributed by atoms with Gasteiger partial charge < -0.3 is 41.9 Å². The Balaban J connectivity index is -0.00000242. The van der Waals surface area contributed by atoms with Gasteiger partial charge in [-0.15, -0.1) is 0 Å². The molecular weight excluding hydrogens is 421 g/mol. The maximum atomic E-state index is 11.1. The predicted molar refractivity (Wildman–Crippen MR) is 73.6 cm³/mol. The van der Waals surface area contributed by atoms with Gasteiger partial charge >= 0.3 is 17.9 Å². The second-order valence-electron chi connectivity index (χ2n) is 3.87. The Morgan fingerprint density at radius 2 is 1.24 bits per heavy atom. The first-order valence-corrected chi connectivity index (χ1v) is 6.01. The van der Waals surface area contributed by atoms with E-state index in [0.29, 0.717) is 0 Å². The van der Waals surface area contributed by atoms with Gasteiger partial charge in [-0.2, -0.15) is 0 Å². The number of amides is 3. The summed E-state index contributed by atoms with van der Waals surface area (Å²) in [6, 6.07) is 0. The van der Waals surface area contributed by atoms with E-state index in [1.54, 1.807) is 0 Å². The minimum atomic E-state index is -1.36. The molecule has 0 saturated carbocycles. The number of carbonyl (C=O) groups excluding carboxylic acids is 5. The molecule has 0 aromatic rings. The van der Waals surface area contributed by atoms with Gasteiger partial charge in [-0.3, -0.25) is 24.0 Å². The van der Waals surface area contributed by atoms with Crippen molar-refractivity contribution < 1.29 is 76.1 Å². The molecule has 0 heterocycles. The van der Waals surface area contributed by atoms with Gasteiger partial charge in [-0.1, -0.05) is 0 Å². The van der Waals surface area contributed by atoms with Crippen LogP contribution in [-0.2, 0) is 71.0 Å². The smallest absolute Gasteiger partial charge is 0.328 e. The van der Waals surface area contributed by atoms with Gasteiger partial charge in [-0.05, 0) is 0 Å². The molecule has 0 aliphatic heterocycles. The number of hydrogen-bond donors (Lipinski definition) is 3. The molecule has 0 aliphatic rings. The van der Waals surface area contributed by atoms with Crippen molar-refractivity contribution in [2.24, 2.45) is 0 Å². The van der Waals surface area contributed by atoms with Crippen LogP contribution >= 0.6 is 0 Å². The van der Waals surface area contributed by atoms with E-state index in [0.717, 1.165) is 0 Å². The maximum absolute atomic E-state index is 11.1. The van der Waals surface area contributed by atoms with E-state index < -0.39 is 68.4 Å². The largest absolute Gasteiger partial charge is 0.826 e. The number of carboxylic acid groups (broad SMARTS) is 1. The molecule has 0 saturated heterocycles. The molecule has 0 aliphatic carbocycles. The second kappa shape index (κ2) is 15.4. The molecule has 0 fully saturated rings. The van der Waals surface area contributed by atoms with E-state index in [1.165, 1.54) is 0 Å². The Hall–Kier alpha value is -2.12. The van der Waals surface area contributed by atoms with Crippen molar-refractivity contribution >= 4 is 35.6 Å². The second-order valence-corrected chi connectivity index (χ2v) is 3.87. The van der Waals surface area contributed by atoms with Crippen molar-refractivity contribution in [1.29, 1.82) is 0 Å². The first-order chi connectivity index (χ1) is 10.7. The van der Waals surface area contributed by atoms with Crippen LogP contribution in [0.5, 0.6) is 0 Å². The Morgan fingerprint density at radius 1 is 0.840 bits per heavy atom. The summed E-state index contributed by atoms with van der Waals surface area (Å²) in [5.41, 5.74) is 6.52. The van der Waals surface area contributed by atoms with Crippen molar-refractivity contribution in [1.82, 2.24) is 10.6 Å². The zero-order chi connectivity index (χ0) is 17.8. The van der Waals surface area contributed by atoms with Gasteiger partial charge in [0, 0.05) is 32.7 Å². The van der Waals surface area contributed by atoms with Crippen LogP contribution in [0, 0.1) is 0 Å². The molecule has 3 amide bonds. The van der Waals surface area contributed by atoms with E-state index in [2.05, 4.69) is 9.47 Å². The third kappa shape index (κ3) is 18.1. The quantitative estimate of drug-likeness (QED) is 0.199. The van der Waals surface area contributed by atoms with Crippen LogP contribution in [0.25, 0.3) is 11.9 Å². The fourth-order valence-electron chi connectivity index (χ4n) is 1.01. The molecule has 14 heteroatoms. The van der Waals surface area contributed by atoms with Gasteiger partial charge in [0.15, 0.2) is 0 Å². The summed E-state index contributed by atoms with van der Waals surface area (Å²) in [7, 11) is 0. The minimum Gasteiger partial charge on any atom is -0.826 e. The molecule has 0 rings (SSSR count). The van der Waals surface area contributed by atoms with Gasteiger partial charge in [-0.25, -0.2) is 0 Å². The molecule has 0 bridgehead atoms. The monoisotopic (exact) mass is 436 g/mol. The SMILES string of the molecule is [NH-].[NH-]C(=O)CC(=O)NCC(=O)OCOC(=O)CNC(=O)CC(=O)O.[Y]. The van der Waals surface area contributed by atoms with Crippen LogP contribution in [-0.4, -0.2) is 60.6 Å². The van der Waals surface area contributed by atoms with Crippen molar-refractivity contribution in [3.8, 4) is 0 Å². The Morgan fingerprint density at radius 3 is 1.60 bits per heavy atom. The molecule has 0 atom stereocenters. The number of aliphatic carboxylic acids is 1. The summed E-state index contributed by atoms with van der Waals surface area (Å²) in [5.74, 6) is -6.13. The molecule has 0 spiro atoms. The first-order valence-electron chi connectivity index (χ1n) is 6.01. The van der Waals surface area contributed by atoms with Crippen LogP contribution in [0.4, 0.5) is 0 Å². The molecule has 0 aromatic heterocycles. The van der Waals surface area contributed by atoms with E-state index in [1.807, 2.05) is 10.6 Å². The van der Waals surface area contributed by atoms with Crippen molar-refractivity contribution in [3.05, 3.63) is 11.9 Å². The Labute approximate surface area is 166 Å². The molecule has 25 heavy (non-hydrogen) atoms. The van der Waals surface area contributed by atoms with Gasteiger partial charge in [0.05, 0.1) is 12.3 Å². The van der Waals surface area contributed by atoms with E-state index in [-0.39, 0.29) is 38.9 Å². The van der Waals surface area contributed by atoms with Crippen LogP contribution in [0.15, 0.2) is 0 Å². The van der Waals surface area contributed by atoms with Crippen LogP contribution in [0.2, 0.25) is 0 Å². The van der Waals surface area contributed by atoms with Crippen molar-refractivity contribution in [2.75, 3.05) is 19.9 Å². The van der Waals surface area contributed by atoms with Crippen molar-refractivity contribution in [3.63, 3.8) is 0 Å². The molecule has 13 nitrogen and oxygen atoms in total. The summed E-state index contributed by atoms with van der Waals surface area (Å²) in [4.78, 5) is 64.5. The molecule has 138 valence electrons. The number of nitrogens with one attached hydrogen (secondary N) is 4. The number of rotatable bonds is 10. The fraction of sp³-hybridized carbons (Fsp3) is 0.455. The zero-order valence-corrected chi connectivity index (χ0v) is 15.7. The van der Waals surface area contributed by atoms with Gasteiger partial charge in [0.25, 0.3) is 0 Å².